The summed E-state index contributed by atoms with van der Waals surface area (Å²) >= 11 is 0. The van der Waals surface area contributed by atoms with E-state index in [-0.39, 0.29) is 24.0 Å². The van der Waals surface area contributed by atoms with Gasteiger partial charge in [0.15, 0.2) is 5.96 Å². The zero-order chi connectivity index (χ0) is 19.8. The summed E-state index contributed by atoms with van der Waals surface area (Å²) in [5, 5.41) is 7.09. The van der Waals surface area contributed by atoms with Gasteiger partial charge in [0.2, 0.25) is 5.91 Å². The fourth-order valence-electron chi connectivity index (χ4n) is 5.06. The Morgan fingerprint density at radius 2 is 1.66 bits per heavy atom. The maximum absolute atomic E-state index is 12.5. The van der Waals surface area contributed by atoms with E-state index in [1.54, 1.807) is 0 Å². The molecule has 1 saturated heterocycles. The summed E-state index contributed by atoms with van der Waals surface area (Å²) in [5.41, 5.74) is 0. The average molecular weight is 520 g/mol. The van der Waals surface area contributed by atoms with Crippen LogP contribution in [-0.4, -0.2) is 74.0 Å². The summed E-state index contributed by atoms with van der Waals surface area (Å²) in [6.45, 7) is 7.99. The monoisotopic (exact) mass is 519 g/mol. The molecule has 3 fully saturated rings. The standard InChI is InChI=1S/C22H41N5O.HI/c1-3-18-8-10-20(11-9-18)25-22(23-2)24-12-13-26-14-16-27(17-15-26)21(28)19-6-4-5-7-19;/h18-20H,3-17H2,1-2H3,(H2,23,24,25);1H. The highest BCUT2D eigenvalue weighted by molar-refractivity contribution is 14.0. The smallest absolute Gasteiger partial charge is 0.225 e. The van der Waals surface area contributed by atoms with Gasteiger partial charge in [-0.1, -0.05) is 26.2 Å². The number of piperazine rings is 1. The fourth-order valence-corrected chi connectivity index (χ4v) is 5.06. The number of nitrogens with one attached hydrogen (secondary N) is 2. The van der Waals surface area contributed by atoms with Crippen molar-refractivity contribution in [2.24, 2.45) is 16.8 Å². The first-order chi connectivity index (χ1) is 13.7. The highest BCUT2D eigenvalue weighted by Crippen LogP contribution is 2.27. The van der Waals surface area contributed by atoms with Crippen molar-refractivity contribution in [1.29, 1.82) is 0 Å². The third kappa shape index (κ3) is 7.56. The highest BCUT2D eigenvalue weighted by Gasteiger charge is 2.29. The number of aliphatic imine (C=N–C) groups is 1. The molecule has 2 N–H and O–H groups in total. The lowest BCUT2D eigenvalue weighted by atomic mass is 9.84. The van der Waals surface area contributed by atoms with Crippen molar-refractivity contribution < 1.29 is 4.79 Å². The number of halogens is 1. The van der Waals surface area contributed by atoms with Gasteiger partial charge in [-0.05, 0) is 44.4 Å². The quantitative estimate of drug-likeness (QED) is 0.322. The predicted octanol–water partition coefficient (Wildman–Crippen LogP) is 3.07. The fraction of sp³-hybridized carbons (Fsp3) is 0.909. The lowest BCUT2D eigenvalue weighted by Gasteiger charge is -2.36. The second-order valence-corrected chi connectivity index (χ2v) is 8.92. The molecule has 0 aromatic carbocycles. The van der Waals surface area contributed by atoms with E-state index in [4.69, 9.17) is 0 Å². The molecule has 7 heteroatoms. The summed E-state index contributed by atoms with van der Waals surface area (Å²) in [5.74, 6) is 2.59. The molecular weight excluding hydrogens is 477 g/mol. The molecule has 0 atom stereocenters. The van der Waals surface area contributed by atoms with Gasteiger partial charge in [-0.3, -0.25) is 14.7 Å². The van der Waals surface area contributed by atoms with Crippen LogP contribution in [-0.2, 0) is 4.79 Å². The summed E-state index contributed by atoms with van der Waals surface area (Å²) < 4.78 is 0. The van der Waals surface area contributed by atoms with Crippen molar-refractivity contribution in [1.82, 2.24) is 20.4 Å². The van der Waals surface area contributed by atoms with Gasteiger partial charge in [-0.25, -0.2) is 0 Å². The molecule has 0 radical (unpaired) electrons. The normalized spacial score (nSPS) is 26.8. The van der Waals surface area contributed by atoms with E-state index in [2.05, 4.69) is 32.3 Å². The van der Waals surface area contributed by atoms with E-state index in [9.17, 15) is 4.79 Å². The minimum absolute atomic E-state index is 0. The van der Waals surface area contributed by atoms with Gasteiger partial charge in [0.1, 0.15) is 0 Å². The molecular formula is C22H42IN5O. The third-order valence-corrected chi connectivity index (χ3v) is 7.10. The maximum Gasteiger partial charge on any atom is 0.225 e. The lowest BCUT2D eigenvalue weighted by Crippen LogP contribution is -2.52. The topological polar surface area (TPSA) is 60.0 Å². The van der Waals surface area contributed by atoms with E-state index in [1.165, 1.54) is 44.9 Å². The number of hydrogen-bond acceptors (Lipinski definition) is 3. The summed E-state index contributed by atoms with van der Waals surface area (Å²) in [7, 11) is 1.86. The zero-order valence-electron chi connectivity index (χ0n) is 18.5. The summed E-state index contributed by atoms with van der Waals surface area (Å²) in [4.78, 5) is 21.5. The molecule has 1 aliphatic heterocycles. The third-order valence-electron chi connectivity index (χ3n) is 7.10. The molecule has 3 aliphatic rings. The number of rotatable bonds is 6. The van der Waals surface area contributed by atoms with Crippen LogP contribution in [0.3, 0.4) is 0 Å². The minimum Gasteiger partial charge on any atom is -0.355 e. The molecule has 2 saturated carbocycles. The molecule has 3 rings (SSSR count). The molecule has 1 amide bonds. The molecule has 0 unspecified atom stereocenters. The Hall–Kier alpha value is -0.570. The van der Waals surface area contributed by atoms with E-state index in [1.807, 2.05) is 7.05 Å². The van der Waals surface area contributed by atoms with Crippen molar-refractivity contribution in [3.05, 3.63) is 0 Å². The van der Waals surface area contributed by atoms with Crippen molar-refractivity contribution in [2.75, 3.05) is 46.3 Å². The SMILES string of the molecule is CCC1CCC(NC(=NC)NCCN2CCN(C(=O)C3CCCC3)CC2)CC1.I. The average Bonchev–Trinajstić information content (AvgIpc) is 3.28. The molecule has 29 heavy (non-hydrogen) atoms. The van der Waals surface area contributed by atoms with E-state index >= 15 is 0 Å². The number of guanidine groups is 1. The van der Waals surface area contributed by atoms with Crippen LogP contribution in [0.25, 0.3) is 0 Å². The van der Waals surface area contributed by atoms with Crippen LogP contribution < -0.4 is 10.6 Å². The second kappa shape index (κ2) is 13.0. The van der Waals surface area contributed by atoms with Crippen molar-refractivity contribution >= 4 is 35.8 Å². The van der Waals surface area contributed by atoms with Crippen LogP contribution in [0.2, 0.25) is 0 Å². The van der Waals surface area contributed by atoms with Gasteiger partial charge >= 0.3 is 0 Å². The van der Waals surface area contributed by atoms with Gasteiger partial charge in [0.05, 0.1) is 0 Å². The molecule has 0 spiro atoms. The van der Waals surface area contributed by atoms with Crippen LogP contribution in [0, 0.1) is 11.8 Å². The molecule has 1 heterocycles. The van der Waals surface area contributed by atoms with E-state index < -0.39 is 0 Å². The maximum atomic E-state index is 12.5. The van der Waals surface area contributed by atoms with Gasteiger partial charge < -0.3 is 15.5 Å². The molecule has 0 bridgehead atoms. The number of carbonyl (C=O) groups excluding carboxylic acids is 1. The molecule has 0 aromatic heterocycles. The lowest BCUT2D eigenvalue weighted by molar-refractivity contribution is -0.137. The summed E-state index contributed by atoms with van der Waals surface area (Å²) in [6.07, 6.45) is 11.2. The minimum atomic E-state index is 0. The Balaban J connectivity index is 0.00000300. The van der Waals surface area contributed by atoms with E-state index in [0.717, 1.165) is 64.0 Å². The summed E-state index contributed by atoms with van der Waals surface area (Å²) in [6, 6.07) is 0.569. The second-order valence-electron chi connectivity index (χ2n) is 8.92. The van der Waals surface area contributed by atoms with Crippen molar-refractivity contribution in [3.8, 4) is 0 Å². The Morgan fingerprint density at radius 1 is 1.00 bits per heavy atom. The first-order valence-corrected chi connectivity index (χ1v) is 11.7. The van der Waals surface area contributed by atoms with Gasteiger partial charge in [0, 0.05) is 58.3 Å². The molecule has 168 valence electrons. The van der Waals surface area contributed by atoms with Crippen molar-refractivity contribution in [3.63, 3.8) is 0 Å². The largest absolute Gasteiger partial charge is 0.355 e. The van der Waals surface area contributed by atoms with Gasteiger partial charge in [-0.15, -0.1) is 24.0 Å². The van der Waals surface area contributed by atoms with Crippen LogP contribution in [0.5, 0.6) is 0 Å². The Bertz CT molecular complexity index is 507. The number of amides is 1. The van der Waals surface area contributed by atoms with Crippen molar-refractivity contribution in [2.45, 2.75) is 70.8 Å². The number of hydrogen-bond donors (Lipinski definition) is 2. The molecule has 6 nitrogen and oxygen atoms in total. The Kier molecular flexibility index (Phi) is 11.0. The zero-order valence-corrected chi connectivity index (χ0v) is 20.8. The number of nitrogens with zero attached hydrogens (tertiary/aromatic N) is 3. The van der Waals surface area contributed by atoms with Crippen LogP contribution >= 0.6 is 24.0 Å². The molecule has 2 aliphatic carbocycles. The van der Waals surface area contributed by atoms with Crippen LogP contribution in [0.1, 0.15) is 64.7 Å². The van der Waals surface area contributed by atoms with Gasteiger partial charge in [-0.2, -0.15) is 0 Å². The first-order valence-electron chi connectivity index (χ1n) is 11.7. The number of carbonyl (C=O) groups is 1. The predicted molar refractivity (Wildman–Crippen MR) is 131 cm³/mol. The Morgan fingerprint density at radius 3 is 2.24 bits per heavy atom. The molecule has 0 aromatic rings. The Labute approximate surface area is 194 Å². The highest BCUT2D eigenvalue weighted by atomic mass is 127. The van der Waals surface area contributed by atoms with Crippen LogP contribution in [0.4, 0.5) is 0 Å². The van der Waals surface area contributed by atoms with Crippen LogP contribution in [0.15, 0.2) is 4.99 Å². The van der Waals surface area contributed by atoms with Gasteiger partial charge in [0.25, 0.3) is 0 Å². The van der Waals surface area contributed by atoms with E-state index in [0.29, 0.717) is 17.9 Å². The first kappa shape index (κ1) is 24.7.